The average Bonchev–Trinajstić information content (AvgIpc) is 2.21. The molecule has 0 aromatic carbocycles. The molecule has 0 saturated carbocycles. The zero-order valence-corrected chi connectivity index (χ0v) is 9.57. The Morgan fingerprint density at radius 1 is 1.69 bits per heavy atom. The molecular weight excluding hydrogens is 230 g/mol. The molecule has 1 aromatic rings. The Labute approximate surface area is 98.1 Å². The molecule has 6 heteroatoms. The van der Waals surface area contributed by atoms with Crippen LogP contribution in [0.1, 0.15) is 17.7 Å². The predicted molar refractivity (Wildman–Crippen MR) is 63.3 cm³/mol. The van der Waals surface area contributed by atoms with Crippen LogP contribution in [0.4, 0.5) is 5.69 Å². The normalized spacial score (nSPS) is 10.9. The molecule has 16 heavy (non-hydrogen) atoms. The van der Waals surface area contributed by atoms with Crippen molar-refractivity contribution in [3.05, 3.63) is 38.7 Å². The van der Waals surface area contributed by atoms with Crippen LogP contribution in [0.5, 0.6) is 0 Å². The number of rotatable bonds is 4. The maximum Gasteiger partial charge on any atom is 0.291 e. The van der Waals surface area contributed by atoms with Gasteiger partial charge in [0.05, 0.1) is 4.92 Å². The van der Waals surface area contributed by atoms with E-state index in [4.69, 9.17) is 17.3 Å². The molecular formula is C10H12ClN3O2. The fraction of sp³-hybridized carbons (Fsp3) is 0.300. The Bertz CT molecular complexity index is 432. The van der Waals surface area contributed by atoms with Crippen LogP contribution in [0.25, 0.3) is 6.08 Å². The Kier molecular flexibility index (Phi) is 4.39. The summed E-state index contributed by atoms with van der Waals surface area (Å²) in [5.41, 5.74) is 6.14. The zero-order chi connectivity index (χ0) is 12.1. The van der Waals surface area contributed by atoms with Gasteiger partial charge in [0, 0.05) is 11.6 Å². The van der Waals surface area contributed by atoms with Gasteiger partial charge in [-0.2, -0.15) is 0 Å². The number of hydrogen-bond acceptors (Lipinski definition) is 4. The van der Waals surface area contributed by atoms with E-state index in [-0.39, 0.29) is 10.8 Å². The standard InChI is InChI=1S/C10H12ClN3O2/c1-7-9(14(15)16)6-8(10(11)13-7)4-2-3-5-12/h2,4,6H,3,5,12H2,1H3. The first-order valence-corrected chi connectivity index (χ1v) is 5.12. The molecule has 5 nitrogen and oxygen atoms in total. The summed E-state index contributed by atoms with van der Waals surface area (Å²) >= 11 is 5.87. The first-order valence-electron chi connectivity index (χ1n) is 4.74. The van der Waals surface area contributed by atoms with Crippen LogP contribution in [0.2, 0.25) is 5.15 Å². The summed E-state index contributed by atoms with van der Waals surface area (Å²) in [6.45, 7) is 2.08. The van der Waals surface area contributed by atoms with E-state index in [1.54, 1.807) is 13.0 Å². The van der Waals surface area contributed by atoms with Crippen LogP contribution in [0.3, 0.4) is 0 Å². The molecule has 0 aliphatic rings. The van der Waals surface area contributed by atoms with Gasteiger partial charge in [-0.3, -0.25) is 10.1 Å². The molecule has 0 bridgehead atoms. The molecule has 1 rings (SSSR count). The van der Waals surface area contributed by atoms with Gasteiger partial charge < -0.3 is 5.73 Å². The van der Waals surface area contributed by atoms with E-state index in [2.05, 4.69) is 4.98 Å². The highest BCUT2D eigenvalue weighted by Crippen LogP contribution is 2.24. The first kappa shape index (κ1) is 12.6. The summed E-state index contributed by atoms with van der Waals surface area (Å²) < 4.78 is 0. The minimum atomic E-state index is -0.473. The Morgan fingerprint density at radius 3 is 2.94 bits per heavy atom. The van der Waals surface area contributed by atoms with Crippen molar-refractivity contribution in [2.45, 2.75) is 13.3 Å². The molecule has 1 heterocycles. The minimum absolute atomic E-state index is 0.0307. The monoisotopic (exact) mass is 241 g/mol. The molecule has 2 N–H and O–H groups in total. The van der Waals surface area contributed by atoms with E-state index in [1.807, 2.05) is 6.08 Å². The molecule has 0 aliphatic carbocycles. The van der Waals surface area contributed by atoms with E-state index < -0.39 is 4.92 Å². The van der Waals surface area contributed by atoms with Crippen LogP contribution in [-0.2, 0) is 0 Å². The van der Waals surface area contributed by atoms with Gasteiger partial charge in [-0.25, -0.2) is 4.98 Å². The van der Waals surface area contributed by atoms with Crippen molar-refractivity contribution >= 4 is 23.4 Å². The lowest BCUT2D eigenvalue weighted by Crippen LogP contribution is -1.97. The van der Waals surface area contributed by atoms with Gasteiger partial charge >= 0.3 is 0 Å². The van der Waals surface area contributed by atoms with Crippen molar-refractivity contribution in [2.24, 2.45) is 5.73 Å². The molecule has 0 aliphatic heterocycles. The van der Waals surface area contributed by atoms with Gasteiger partial charge in [0.2, 0.25) is 0 Å². The lowest BCUT2D eigenvalue weighted by atomic mass is 10.2. The Balaban J connectivity index is 3.09. The van der Waals surface area contributed by atoms with Crippen LogP contribution in [-0.4, -0.2) is 16.5 Å². The molecule has 86 valence electrons. The van der Waals surface area contributed by atoms with E-state index in [0.29, 0.717) is 24.2 Å². The first-order chi connectivity index (χ1) is 7.56. The number of nitrogens with zero attached hydrogens (tertiary/aromatic N) is 2. The van der Waals surface area contributed by atoms with Crippen molar-refractivity contribution in [3.8, 4) is 0 Å². The third-order valence-corrected chi connectivity index (χ3v) is 2.30. The van der Waals surface area contributed by atoms with Gasteiger partial charge in [-0.1, -0.05) is 23.8 Å². The molecule has 0 unspecified atom stereocenters. The fourth-order valence-electron chi connectivity index (χ4n) is 1.19. The van der Waals surface area contributed by atoms with Gasteiger partial charge in [-0.05, 0) is 19.9 Å². The van der Waals surface area contributed by atoms with E-state index in [0.717, 1.165) is 0 Å². The largest absolute Gasteiger partial charge is 0.330 e. The maximum absolute atomic E-state index is 10.7. The number of aromatic nitrogens is 1. The molecule has 0 fully saturated rings. The Morgan fingerprint density at radius 2 is 2.38 bits per heavy atom. The second-order valence-electron chi connectivity index (χ2n) is 3.21. The number of halogens is 1. The number of aryl methyl sites for hydroxylation is 1. The third kappa shape index (κ3) is 3.01. The van der Waals surface area contributed by atoms with Gasteiger partial charge in [0.1, 0.15) is 10.8 Å². The van der Waals surface area contributed by atoms with Gasteiger partial charge in [0.25, 0.3) is 5.69 Å². The summed E-state index contributed by atoms with van der Waals surface area (Å²) in [5, 5.41) is 11.0. The van der Waals surface area contributed by atoms with Crippen LogP contribution >= 0.6 is 11.6 Å². The van der Waals surface area contributed by atoms with Crippen molar-refractivity contribution in [1.82, 2.24) is 4.98 Å². The molecule has 0 atom stereocenters. The highest BCUT2D eigenvalue weighted by atomic mass is 35.5. The molecule has 0 amide bonds. The third-order valence-electron chi connectivity index (χ3n) is 1.99. The van der Waals surface area contributed by atoms with Crippen LogP contribution in [0.15, 0.2) is 12.1 Å². The fourth-order valence-corrected chi connectivity index (χ4v) is 1.43. The topological polar surface area (TPSA) is 82.0 Å². The minimum Gasteiger partial charge on any atom is -0.330 e. The summed E-state index contributed by atoms with van der Waals surface area (Å²) in [6, 6.07) is 1.41. The maximum atomic E-state index is 10.7. The zero-order valence-electron chi connectivity index (χ0n) is 8.81. The van der Waals surface area contributed by atoms with E-state index in [1.165, 1.54) is 6.07 Å². The molecule has 0 saturated heterocycles. The Hall–Kier alpha value is -1.46. The van der Waals surface area contributed by atoms with Gasteiger partial charge in [0.15, 0.2) is 0 Å². The summed E-state index contributed by atoms with van der Waals surface area (Å²) in [5.74, 6) is 0. The highest BCUT2D eigenvalue weighted by molar-refractivity contribution is 6.30. The van der Waals surface area contributed by atoms with Crippen molar-refractivity contribution < 1.29 is 4.92 Å². The summed E-state index contributed by atoms with van der Waals surface area (Å²) in [7, 11) is 0. The number of nitro groups is 1. The highest BCUT2D eigenvalue weighted by Gasteiger charge is 2.14. The van der Waals surface area contributed by atoms with Crippen LogP contribution in [0, 0.1) is 17.0 Å². The van der Waals surface area contributed by atoms with Crippen molar-refractivity contribution in [1.29, 1.82) is 0 Å². The number of hydrogen-bond donors (Lipinski definition) is 1. The van der Waals surface area contributed by atoms with Crippen LogP contribution < -0.4 is 5.73 Å². The second-order valence-corrected chi connectivity index (χ2v) is 3.57. The SMILES string of the molecule is Cc1nc(Cl)c(C=CCCN)cc1[N+](=O)[O-]. The lowest BCUT2D eigenvalue weighted by molar-refractivity contribution is -0.385. The summed E-state index contributed by atoms with van der Waals surface area (Å²) in [6.07, 6.45) is 4.19. The van der Waals surface area contributed by atoms with Crippen molar-refractivity contribution in [3.63, 3.8) is 0 Å². The predicted octanol–water partition coefficient (Wildman–Crippen LogP) is 2.31. The lowest BCUT2D eigenvalue weighted by Gasteiger charge is -2.01. The average molecular weight is 242 g/mol. The number of pyridine rings is 1. The number of nitrogens with two attached hydrogens (primary N) is 1. The van der Waals surface area contributed by atoms with E-state index >= 15 is 0 Å². The molecule has 0 radical (unpaired) electrons. The van der Waals surface area contributed by atoms with E-state index in [9.17, 15) is 10.1 Å². The van der Waals surface area contributed by atoms with Crippen molar-refractivity contribution in [2.75, 3.05) is 6.54 Å². The second kappa shape index (κ2) is 5.58. The van der Waals surface area contributed by atoms with Gasteiger partial charge in [-0.15, -0.1) is 0 Å². The molecule has 1 aromatic heterocycles. The quantitative estimate of drug-likeness (QED) is 0.498. The smallest absolute Gasteiger partial charge is 0.291 e. The molecule has 0 spiro atoms. The summed E-state index contributed by atoms with van der Waals surface area (Å²) in [4.78, 5) is 14.1.